The number of methoxy groups -OCH3 is 1. The van der Waals surface area contributed by atoms with Crippen LogP contribution in [-0.4, -0.2) is 67.6 Å². The lowest BCUT2D eigenvalue weighted by molar-refractivity contribution is 0.0536. The lowest BCUT2D eigenvalue weighted by atomic mass is 10.1. The molecule has 0 spiro atoms. The van der Waals surface area contributed by atoms with E-state index in [2.05, 4.69) is 32.3 Å². The fourth-order valence-electron chi connectivity index (χ4n) is 2.53. The molecule has 1 aromatic rings. The van der Waals surface area contributed by atoms with Crippen molar-refractivity contribution in [1.29, 1.82) is 0 Å². The molecule has 1 fully saturated rings. The predicted octanol–water partition coefficient (Wildman–Crippen LogP) is 0.828. The molecule has 0 saturated carbocycles. The van der Waals surface area contributed by atoms with Gasteiger partial charge >= 0.3 is 0 Å². The molecule has 0 bridgehead atoms. The number of aryl methyl sites for hydroxylation is 1. The third-order valence-corrected chi connectivity index (χ3v) is 3.65. The highest BCUT2D eigenvalue weighted by Gasteiger charge is 2.25. The van der Waals surface area contributed by atoms with Crippen molar-refractivity contribution >= 4 is 5.96 Å². The highest BCUT2D eigenvalue weighted by molar-refractivity contribution is 5.80. The Morgan fingerprint density at radius 3 is 3.04 bits per heavy atom. The zero-order valence-electron chi connectivity index (χ0n) is 14.2. The molecule has 1 N–H and O–H groups in total. The molecule has 8 nitrogen and oxygen atoms in total. The molecule has 23 heavy (non-hydrogen) atoms. The van der Waals surface area contributed by atoms with E-state index in [1.165, 1.54) is 0 Å². The van der Waals surface area contributed by atoms with Crippen molar-refractivity contribution in [2.75, 3.05) is 46.6 Å². The van der Waals surface area contributed by atoms with Gasteiger partial charge in [-0.3, -0.25) is 0 Å². The van der Waals surface area contributed by atoms with Crippen LogP contribution in [0.4, 0.5) is 0 Å². The van der Waals surface area contributed by atoms with Crippen LogP contribution in [-0.2, 0) is 16.0 Å². The van der Waals surface area contributed by atoms with Crippen LogP contribution in [0, 0.1) is 12.8 Å². The lowest BCUT2D eigenvalue weighted by Gasteiger charge is -2.21. The summed E-state index contributed by atoms with van der Waals surface area (Å²) in [7, 11) is 1.69. The van der Waals surface area contributed by atoms with Crippen LogP contribution >= 0.6 is 0 Å². The molecule has 1 saturated heterocycles. The van der Waals surface area contributed by atoms with Gasteiger partial charge in [0.2, 0.25) is 5.89 Å². The molecule has 1 aliphatic rings. The van der Waals surface area contributed by atoms with Gasteiger partial charge in [-0.05, 0) is 13.3 Å². The van der Waals surface area contributed by atoms with Gasteiger partial charge in [0.15, 0.2) is 11.8 Å². The maximum atomic E-state index is 5.63. The van der Waals surface area contributed by atoms with Gasteiger partial charge in [0, 0.05) is 39.6 Å². The van der Waals surface area contributed by atoms with Gasteiger partial charge in [-0.15, -0.1) is 0 Å². The molecular weight excluding hydrogens is 298 g/mol. The second-order valence-corrected chi connectivity index (χ2v) is 5.57. The van der Waals surface area contributed by atoms with Gasteiger partial charge in [0.25, 0.3) is 0 Å². The van der Waals surface area contributed by atoms with Crippen molar-refractivity contribution in [3.63, 3.8) is 0 Å². The van der Waals surface area contributed by atoms with Crippen molar-refractivity contribution < 1.29 is 14.0 Å². The Kier molecular flexibility index (Phi) is 7.28. The molecule has 2 rings (SSSR count). The monoisotopic (exact) mass is 325 g/mol. The first-order chi connectivity index (χ1) is 11.2. The number of likely N-dealkylation sites (tertiary alicyclic amines) is 1. The molecule has 1 aliphatic heterocycles. The Bertz CT molecular complexity index is 491. The fourth-order valence-corrected chi connectivity index (χ4v) is 2.53. The van der Waals surface area contributed by atoms with Gasteiger partial charge in [-0.1, -0.05) is 5.16 Å². The average Bonchev–Trinajstić information content (AvgIpc) is 3.17. The first kappa shape index (κ1) is 17.7. The van der Waals surface area contributed by atoms with E-state index in [1.807, 2.05) is 0 Å². The Morgan fingerprint density at radius 1 is 1.48 bits per heavy atom. The molecule has 1 aromatic heterocycles. The molecule has 0 amide bonds. The average molecular weight is 325 g/mol. The molecule has 130 valence electrons. The summed E-state index contributed by atoms with van der Waals surface area (Å²) in [6, 6.07) is 0. The quantitative estimate of drug-likeness (QED) is 0.430. The van der Waals surface area contributed by atoms with Crippen LogP contribution in [0.2, 0.25) is 0 Å². The van der Waals surface area contributed by atoms with E-state index in [0.29, 0.717) is 37.4 Å². The summed E-state index contributed by atoms with van der Waals surface area (Å²) < 4.78 is 15.6. The zero-order chi connectivity index (χ0) is 16.5. The number of aliphatic imine (C=N–C) groups is 1. The minimum atomic E-state index is 0.422. The summed E-state index contributed by atoms with van der Waals surface area (Å²) in [5, 5.41) is 7.20. The van der Waals surface area contributed by atoms with E-state index in [1.54, 1.807) is 14.0 Å². The fraction of sp³-hybridized carbons (Fsp3) is 0.800. The minimum absolute atomic E-state index is 0.422. The molecule has 8 heteroatoms. The number of hydrogen-bond donors (Lipinski definition) is 1. The predicted molar refractivity (Wildman–Crippen MR) is 86.2 cm³/mol. The maximum Gasteiger partial charge on any atom is 0.223 e. The molecule has 0 aliphatic carbocycles. The van der Waals surface area contributed by atoms with Gasteiger partial charge < -0.3 is 24.2 Å². The van der Waals surface area contributed by atoms with Gasteiger partial charge in [-0.2, -0.15) is 4.98 Å². The normalized spacial score (nSPS) is 18.7. The highest BCUT2D eigenvalue weighted by Crippen LogP contribution is 2.16. The topological polar surface area (TPSA) is 85.0 Å². The van der Waals surface area contributed by atoms with Crippen LogP contribution in [0.3, 0.4) is 0 Å². The van der Waals surface area contributed by atoms with Crippen molar-refractivity contribution in [3.05, 3.63) is 11.7 Å². The summed E-state index contributed by atoms with van der Waals surface area (Å²) >= 11 is 0. The summed E-state index contributed by atoms with van der Waals surface area (Å²) in [5.74, 6) is 2.60. The van der Waals surface area contributed by atoms with Crippen LogP contribution in [0.25, 0.3) is 0 Å². The molecule has 0 radical (unpaired) electrons. The van der Waals surface area contributed by atoms with Gasteiger partial charge in [0.05, 0.1) is 19.8 Å². The Hall–Kier alpha value is -1.67. The Labute approximate surface area is 137 Å². The van der Waals surface area contributed by atoms with Crippen LogP contribution in [0.1, 0.15) is 25.1 Å². The number of hydrogen-bond acceptors (Lipinski definition) is 6. The van der Waals surface area contributed by atoms with Gasteiger partial charge in [-0.25, -0.2) is 4.99 Å². The van der Waals surface area contributed by atoms with E-state index < -0.39 is 0 Å². The highest BCUT2D eigenvalue weighted by atomic mass is 16.5. The van der Waals surface area contributed by atoms with Crippen LogP contribution in [0.5, 0.6) is 0 Å². The smallest absolute Gasteiger partial charge is 0.223 e. The first-order valence-corrected chi connectivity index (χ1v) is 8.12. The van der Waals surface area contributed by atoms with Crippen molar-refractivity contribution in [2.24, 2.45) is 10.9 Å². The molecule has 1 unspecified atom stereocenters. The van der Waals surface area contributed by atoms with Crippen molar-refractivity contribution in [3.8, 4) is 0 Å². The number of nitrogens with zero attached hydrogens (tertiary/aromatic N) is 4. The number of aromatic nitrogens is 2. The molecular formula is C15H27N5O3. The largest absolute Gasteiger partial charge is 0.382 e. The maximum absolute atomic E-state index is 5.63. The van der Waals surface area contributed by atoms with Crippen LogP contribution in [0.15, 0.2) is 9.52 Å². The van der Waals surface area contributed by atoms with E-state index in [4.69, 9.17) is 14.0 Å². The zero-order valence-corrected chi connectivity index (χ0v) is 14.2. The standard InChI is InChI=1S/C15H27N5O3/c1-4-16-15(17-9-14-18-12(2)23-19-14)20-6-5-13(10-20)11-22-8-7-21-3/h13H,4-11H2,1-3H3,(H,16,17). The summed E-state index contributed by atoms with van der Waals surface area (Å²) in [6.07, 6.45) is 1.11. The van der Waals surface area contributed by atoms with E-state index >= 15 is 0 Å². The third-order valence-electron chi connectivity index (χ3n) is 3.65. The third kappa shape index (κ3) is 5.80. The number of ether oxygens (including phenoxy) is 2. The second kappa shape index (κ2) is 9.46. The van der Waals surface area contributed by atoms with Gasteiger partial charge in [0.1, 0.15) is 6.54 Å². The molecule has 0 aromatic carbocycles. The number of nitrogens with one attached hydrogen (secondary N) is 1. The summed E-state index contributed by atoms with van der Waals surface area (Å²) in [5.41, 5.74) is 0. The van der Waals surface area contributed by atoms with E-state index in [9.17, 15) is 0 Å². The molecule has 1 atom stereocenters. The summed E-state index contributed by atoms with van der Waals surface area (Å²) in [6.45, 7) is 9.09. The minimum Gasteiger partial charge on any atom is -0.382 e. The van der Waals surface area contributed by atoms with Crippen molar-refractivity contribution in [2.45, 2.75) is 26.8 Å². The van der Waals surface area contributed by atoms with E-state index in [0.717, 1.165) is 38.6 Å². The van der Waals surface area contributed by atoms with Crippen LogP contribution < -0.4 is 5.32 Å². The number of rotatable bonds is 8. The second-order valence-electron chi connectivity index (χ2n) is 5.57. The number of guanidine groups is 1. The molecule has 2 heterocycles. The van der Waals surface area contributed by atoms with Crippen molar-refractivity contribution in [1.82, 2.24) is 20.4 Å². The first-order valence-electron chi connectivity index (χ1n) is 8.12. The Morgan fingerprint density at radius 2 is 2.35 bits per heavy atom. The summed E-state index contributed by atoms with van der Waals surface area (Å²) in [4.78, 5) is 11.1. The SMILES string of the molecule is CCNC(=NCc1noc(C)n1)N1CCC(COCCOC)C1. The Balaban J connectivity index is 1.83. The lowest BCUT2D eigenvalue weighted by Crippen LogP contribution is -2.40. The van der Waals surface area contributed by atoms with E-state index in [-0.39, 0.29) is 0 Å².